The van der Waals surface area contributed by atoms with Crippen molar-refractivity contribution in [2.24, 2.45) is 0 Å². The molecule has 1 aromatic rings. The summed E-state index contributed by atoms with van der Waals surface area (Å²) < 4.78 is 5.06. The van der Waals surface area contributed by atoms with E-state index in [1.54, 1.807) is 7.05 Å². The molecule has 1 amide bonds. The van der Waals surface area contributed by atoms with Crippen LogP contribution < -0.4 is 10.1 Å². The SMILES string of the molecule is CNC(=O)Oc1ccc(C2CCCCC2)cc1. The minimum atomic E-state index is -0.421. The maximum absolute atomic E-state index is 11.0. The second-order valence-corrected chi connectivity index (χ2v) is 4.54. The van der Waals surface area contributed by atoms with E-state index >= 15 is 0 Å². The molecule has 1 aromatic carbocycles. The first kappa shape index (κ1) is 12.0. The van der Waals surface area contributed by atoms with Crippen molar-refractivity contribution in [1.82, 2.24) is 5.32 Å². The molecule has 0 atom stereocenters. The zero-order valence-electron chi connectivity index (χ0n) is 10.2. The molecule has 0 radical (unpaired) electrons. The van der Waals surface area contributed by atoms with Gasteiger partial charge in [0.2, 0.25) is 0 Å². The summed E-state index contributed by atoms with van der Waals surface area (Å²) in [5.41, 5.74) is 1.37. The average Bonchev–Trinajstić information content (AvgIpc) is 2.40. The van der Waals surface area contributed by atoms with Gasteiger partial charge < -0.3 is 10.1 Å². The summed E-state index contributed by atoms with van der Waals surface area (Å²) in [6.07, 6.45) is 6.19. The molecular weight excluding hydrogens is 214 g/mol. The van der Waals surface area contributed by atoms with Gasteiger partial charge in [0.05, 0.1) is 0 Å². The number of rotatable bonds is 2. The molecular formula is C14H19NO2. The summed E-state index contributed by atoms with van der Waals surface area (Å²) in [5, 5.41) is 2.43. The molecule has 1 N–H and O–H groups in total. The van der Waals surface area contributed by atoms with Crippen molar-refractivity contribution in [2.45, 2.75) is 38.0 Å². The van der Waals surface area contributed by atoms with Crippen molar-refractivity contribution in [3.63, 3.8) is 0 Å². The number of nitrogens with one attached hydrogen (secondary N) is 1. The first-order valence-corrected chi connectivity index (χ1v) is 6.29. The van der Waals surface area contributed by atoms with Crippen LogP contribution in [0.15, 0.2) is 24.3 Å². The number of hydrogen-bond acceptors (Lipinski definition) is 2. The van der Waals surface area contributed by atoms with Crippen LogP contribution in [0.4, 0.5) is 4.79 Å². The Morgan fingerprint density at radius 1 is 1.18 bits per heavy atom. The fourth-order valence-electron chi connectivity index (χ4n) is 2.40. The summed E-state index contributed by atoms with van der Waals surface area (Å²) in [7, 11) is 1.55. The van der Waals surface area contributed by atoms with Gasteiger partial charge in [-0.05, 0) is 36.5 Å². The number of carbonyl (C=O) groups is 1. The van der Waals surface area contributed by atoms with Gasteiger partial charge in [-0.15, -0.1) is 0 Å². The van der Waals surface area contributed by atoms with Crippen LogP contribution in [-0.4, -0.2) is 13.1 Å². The van der Waals surface area contributed by atoms with Crippen molar-refractivity contribution < 1.29 is 9.53 Å². The van der Waals surface area contributed by atoms with Crippen LogP contribution in [0.3, 0.4) is 0 Å². The average molecular weight is 233 g/mol. The monoisotopic (exact) mass is 233 g/mol. The summed E-state index contributed by atoms with van der Waals surface area (Å²) in [5.74, 6) is 1.29. The van der Waals surface area contributed by atoms with Crippen LogP contribution in [0.2, 0.25) is 0 Å². The van der Waals surface area contributed by atoms with Crippen LogP contribution >= 0.6 is 0 Å². The van der Waals surface area contributed by atoms with Gasteiger partial charge in [-0.25, -0.2) is 4.79 Å². The lowest BCUT2D eigenvalue weighted by Gasteiger charge is -2.21. The van der Waals surface area contributed by atoms with E-state index in [1.807, 2.05) is 12.1 Å². The van der Waals surface area contributed by atoms with Gasteiger partial charge in [0, 0.05) is 7.05 Å². The Balaban J connectivity index is 1.99. The fourth-order valence-corrected chi connectivity index (χ4v) is 2.40. The zero-order chi connectivity index (χ0) is 12.1. The first-order chi connectivity index (χ1) is 8.29. The number of ether oxygens (including phenoxy) is 1. The maximum atomic E-state index is 11.0. The van der Waals surface area contributed by atoms with E-state index in [0.29, 0.717) is 11.7 Å². The number of amides is 1. The smallest absolute Gasteiger partial charge is 0.410 e. The predicted octanol–water partition coefficient (Wildman–Crippen LogP) is 3.45. The molecule has 0 aromatic heterocycles. The van der Waals surface area contributed by atoms with Crippen LogP contribution in [-0.2, 0) is 0 Å². The predicted molar refractivity (Wildman–Crippen MR) is 67.4 cm³/mol. The molecule has 0 saturated heterocycles. The minimum absolute atomic E-state index is 0.421. The second kappa shape index (κ2) is 5.71. The van der Waals surface area contributed by atoms with Crippen molar-refractivity contribution in [3.8, 4) is 5.75 Å². The largest absolute Gasteiger partial charge is 0.412 e. The van der Waals surface area contributed by atoms with Gasteiger partial charge in [-0.2, -0.15) is 0 Å². The Morgan fingerprint density at radius 2 is 1.82 bits per heavy atom. The third-order valence-electron chi connectivity index (χ3n) is 3.37. The molecule has 2 rings (SSSR count). The Morgan fingerprint density at radius 3 is 2.41 bits per heavy atom. The lowest BCUT2D eigenvalue weighted by atomic mass is 9.84. The van der Waals surface area contributed by atoms with Crippen molar-refractivity contribution in [1.29, 1.82) is 0 Å². The highest BCUT2D eigenvalue weighted by molar-refractivity contribution is 5.69. The van der Waals surface area contributed by atoms with Gasteiger partial charge in [-0.3, -0.25) is 0 Å². The highest BCUT2D eigenvalue weighted by atomic mass is 16.5. The molecule has 0 heterocycles. The Kier molecular flexibility index (Phi) is 4.02. The third kappa shape index (κ3) is 3.22. The van der Waals surface area contributed by atoms with E-state index in [1.165, 1.54) is 37.7 Å². The van der Waals surface area contributed by atoms with Crippen LogP contribution in [0.5, 0.6) is 5.75 Å². The molecule has 1 aliphatic rings. The Bertz CT molecular complexity index is 366. The molecule has 0 aliphatic heterocycles. The molecule has 0 spiro atoms. The lowest BCUT2D eigenvalue weighted by Crippen LogP contribution is -2.22. The van der Waals surface area contributed by atoms with E-state index < -0.39 is 6.09 Å². The quantitative estimate of drug-likeness (QED) is 0.849. The molecule has 1 saturated carbocycles. The zero-order valence-corrected chi connectivity index (χ0v) is 10.2. The second-order valence-electron chi connectivity index (χ2n) is 4.54. The lowest BCUT2D eigenvalue weighted by molar-refractivity contribution is 0.203. The summed E-state index contributed by atoms with van der Waals surface area (Å²) in [4.78, 5) is 11.0. The highest BCUT2D eigenvalue weighted by Crippen LogP contribution is 2.33. The van der Waals surface area contributed by atoms with Crippen molar-refractivity contribution in [2.75, 3.05) is 7.05 Å². The Hall–Kier alpha value is -1.51. The van der Waals surface area contributed by atoms with Gasteiger partial charge in [0.1, 0.15) is 5.75 Å². The molecule has 3 heteroatoms. The number of hydrogen-bond donors (Lipinski definition) is 1. The molecule has 92 valence electrons. The number of benzene rings is 1. The normalized spacial score (nSPS) is 16.5. The van der Waals surface area contributed by atoms with Gasteiger partial charge in [-0.1, -0.05) is 31.4 Å². The molecule has 3 nitrogen and oxygen atoms in total. The molecule has 0 unspecified atom stereocenters. The van der Waals surface area contributed by atoms with E-state index in [0.717, 1.165) is 0 Å². The summed E-state index contributed by atoms with van der Waals surface area (Å²) in [6, 6.07) is 7.90. The maximum Gasteiger partial charge on any atom is 0.412 e. The molecule has 0 bridgehead atoms. The third-order valence-corrected chi connectivity index (χ3v) is 3.37. The van der Waals surface area contributed by atoms with E-state index in [2.05, 4.69) is 17.4 Å². The molecule has 1 aliphatic carbocycles. The van der Waals surface area contributed by atoms with Crippen LogP contribution in [0, 0.1) is 0 Å². The van der Waals surface area contributed by atoms with E-state index in [9.17, 15) is 4.79 Å². The van der Waals surface area contributed by atoms with Crippen molar-refractivity contribution in [3.05, 3.63) is 29.8 Å². The minimum Gasteiger partial charge on any atom is -0.410 e. The molecule has 1 fully saturated rings. The van der Waals surface area contributed by atoms with Gasteiger partial charge >= 0.3 is 6.09 Å². The Labute approximate surface area is 102 Å². The van der Waals surface area contributed by atoms with Crippen molar-refractivity contribution >= 4 is 6.09 Å². The highest BCUT2D eigenvalue weighted by Gasteiger charge is 2.15. The van der Waals surface area contributed by atoms with Crippen LogP contribution in [0.1, 0.15) is 43.6 Å². The van der Waals surface area contributed by atoms with Gasteiger partial charge in [0.15, 0.2) is 0 Å². The summed E-state index contributed by atoms with van der Waals surface area (Å²) >= 11 is 0. The van der Waals surface area contributed by atoms with E-state index in [-0.39, 0.29) is 0 Å². The fraction of sp³-hybridized carbons (Fsp3) is 0.500. The first-order valence-electron chi connectivity index (χ1n) is 6.29. The van der Waals surface area contributed by atoms with E-state index in [4.69, 9.17) is 4.74 Å². The topological polar surface area (TPSA) is 38.3 Å². The van der Waals surface area contributed by atoms with Crippen LogP contribution in [0.25, 0.3) is 0 Å². The number of carbonyl (C=O) groups excluding carboxylic acids is 1. The molecule has 17 heavy (non-hydrogen) atoms. The van der Waals surface area contributed by atoms with Gasteiger partial charge in [0.25, 0.3) is 0 Å². The standard InChI is InChI=1S/C14H19NO2/c1-15-14(16)17-13-9-7-12(8-10-13)11-5-3-2-4-6-11/h7-11H,2-6H2,1H3,(H,15,16). The summed E-state index contributed by atoms with van der Waals surface area (Å²) in [6.45, 7) is 0.